The number of halogens is 1. The maximum Gasteiger partial charge on any atom is 0.139 e. The number of rotatable bonds is 4. The van der Waals surface area contributed by atoms with E-state index in [-0.39, 0.29) is 12.4 Å². The second kappa shape index (κ2) is 7.17. The topological polar surface area (TPSA) is 36.9 Å². The van der Waals surface area contributed by atoms with Crippen molar-refractivity contribution in [1.82, 2.24) is 0 Å². The second-order valence-electron chi connectivity index (χ2n) is 4.81. The monoisotopic (exact) mass is 277 g/mol. The molecule has 2 aromatic carbocycles. The maximum atomic E-state index is 5.61. The standard InChI is InChI=1S/C16H19NO.ClH/c1-12-3-5-14(6-4-12)15-7-9-16(10-8-15)18-11-13(2)17;/h3-10,13H,11,17H2,1-2H3;1H. The first-order valence-corrected chi connectivity index (χ1v) is 6.28. The van der Waals surface area contributed by atoms with Crippen LogP contribution in [0, 0.1) is 6.92 Å². The largest absolute Gasteiger partial charge is 1.00 e. The van der Waals surface area contributed by atoms with E-state index in [2.05, 4.69) is 49.1 Å². The van der Waals surface area contributed by atoms with Gasteiger partial charge in [0.05, 0.1) is 0 Å². The van der Waals surface area contributed by atoms with Gasteiger partial charge in [0.1, 0.15) is 18.4 Å². The van der Waals surface area contributed by atoms with E-state index in [0.717, 1.165) is 5.75 Å². The molecule has 0 radical (unpaired) electrons. The van der Waals surface area contributed by atoms with Crippen LogP contribution in [-0.4, -0.2) is 12.6 Å². The van der Waals surface area contributed by atoms with Crippen LogP contribution in [0.1, 0.15) is 12.5 Å². The molecule has 2 aromatic rings. The zero-order valence-corrected chi connectivity index (χ0v) is 12.2. The number of quaternary nitrogens is 1. The zero-order chi connectivity index (χ0) is 13.0. The Labute approximate surface area is 121 Å². The molecule has 0 saturated carbocycles. The molecule has 0 heterocycles. The van der Waals surface area contributed by atoms with E-state index in [1.807, 2.05) is 19.1 Å². The van der Waals surface area contributed by atoms with Crippen molar-refractivity contribution >= 4 is 0 Å². The van der Waals surface area contributed by atoms with Crippen molar-refractivity contribution in [2.75, 3.05) is 6.61 Å². The van der Waals surface area contributed by atoms with Crippen LogP contribution in [0.15, 0.2) is 48.5 Å². The van der Waals surface area contributed by atoms with E-state index in [4.69, 9.17) is 4.74 Å². The lowest BCUT2D eigenvalue weighted by Crippen LogP contribution is -3.00. The summed E-state index contributed by atoms with van der Waals surface area (Å²) in [6.45, 7) is 4.80. The van der Waals surface area contributed by atoms with Gasteiger partial charge in [0.2, 0.25) is 0 Å². The normalized spacial score (nSPS) is 11.5. The molecule has 0 bridgehead atoms. The van der Waals surface area contributed by atoms with Gasteiger partial charge in [0.25, 0.3) is 0 Å². The fraction of sp³-hybridized carbons (Fsp3) is 0.250. The van der Waals surface area contributed by atoms with Crippen molar-refractivity contribution in [3.63, 3.8) is 0 Å². The zero-order valence-electron chi connectivity index (χ0n) is 11.4. The van der Waals surface area contributed by atoms with Gasteiger partial charge in [-0.3, -0.25) is 0 Å². The molecule has 0 aliphatic rings. The van der Waals surface area contributed by atoms with Crippen LogP contribution in [0.25, 0.3) is 11.1 Å². The first-order chi connectivity index (χ1) is 8.65. The highest BCUT2D eigenvalue weighted by molar-refractivity contribution is 5.64. The Morgan fingerprint density at radius 1 is 0.947 bits per heavy atom. The molecule has 3 heteroatoms. The maximum absolute atomic E-state index is 5.61. The van der Waals surface area contributed by atoms with E-state index >= 15 is 0 Å². The molecule has 2 nitrogen and oxygen atoms in total. The van der Waals surface area contributed by atoms with Crippen molar-refractivity contribution in [3.8, 4) is 16.9 Å². The lowest BCUT2D eigenvalue weighted by Gasteiger charge is -2.08. The van der Waals surface area contributed by atoms with Gasteiger partial charge in [0.15, 0.2) is 0 Å². The van der Waals surface area contributed by atoms with Gasteiger partial charge in [-0.1, -0.05) is 42.0 Å². The summed E-state index contributed by atoms with van der Waals surface area (Å²) in [5.41, 5.74) is 7.63. The minimum absolute atomic E-state index is 0. The Hall–Kier alpha value is -1.51. The molecule has 0 fully saturated rings. The quantitative estimate of drug-likeness (QED) is 0.817. The van der Waals surface area contributed by atoms with Crippen LogP contribution in [0.2, 0.25) is 0 Å². The Kier molecular flexibility index (Phi) is 5.87. The minimum Gasteiger partial charge on any atom is -1.00 e. The molecular weight excluding hydrogens is 258 g/mol. The van der Waals surface area contributed by atoms with Crippen LogP contribution in [0.3, 0.4) is 0 Å². The molecule has 3 N–H and O–H groups in total. The third kappa shape index (κ3) is 4.58. The van der Waals surface area contributed by atoms with Gasteiger partial charge >= 0.3 is 0 Å². The van der Waals surface area contributed by atoms with Gasteiger partial charge in [0, 0.05) is 0 Å². The summed E-state index contributed by atoms with van der Waals surface area (Å²) in [5.74, 6) is 0.904. The summed E-state index contributed by atoms with van der Waals surface area (Å²) >= 11 is 0. The molecule has 2 rings (SSSR count). The first-order valence-electron chi connectivity index (χ1n) is 6.28. The van der Waals surface area contributed by atoms with Crippen molar-refractivity contribution in [1.29, 1.82) is 0 Å². The van der Waals surface area contributed by atoms with Crippen LogP contribution < -0.4 is 22.9 Å². The fourth-order valence-corrected chi connectivity index (χ4v) is 1.73. The summed E-state index contributed by atoms with van der Waals surface area (Å²) in [6, 6.07) is 17.1. The van der Waals surface area contributed by atoms with E-state index < -0.39 is 0 Å². The first kappa shape index (κ1) is 15.5. The predicted octanol–water partition coefficient (Wildman–Crippen LogP) is -0.325. The Morgan fingerprint density at radius 2 is 1.42 bits per heavy atom. The van der Waals surface area contributed by atoms with Gasteiger partial charge in [-0.15, -0.1) is 0 Å². The average molecular weight is 278 g/mol. The number of aryl methyl sites for hydroxylation is 1. The Bertz CT molecular complexity index is 491. The minimum atomic E-state index is 0. The van der Waals surface area contributed by atoms with Crippen LogP contribution >= 0.6 is 0 Å². The van der Waals surface area contributed by atoms with Gasteiger partial charge in [-0.05, 0) is 37.1 Å². The average Bonchev–Trinajstić information content (AvgIpc) is 2.38. The molecule has 0 aliphatic carbocycles. The van der Waals surface area contributed by atoms with Crippen molar-refractivity contribution in [3.05, 3.63) is 54.1 Å². The highest BCUT2D eigenvalue weighted by Crippen LogP contribution is 2.22. The number of hydrogen-bond acceptors (Lipinski definition) is 1. The van der Waals surface area contributed by atoms with E-state index in [1.54, 1.807) is 0 Å². The van der Waals surface area contributed by atoms with Crippen molar-refractivity contribution in [2.24, 2.45) is 0 Å². The summed E-state index contributed by atoms with van der Waals surface area (Å²) in [6.07, 6.45) is 0. The Balaban J connectivity index is 0.00000180. The SMILES string of the molecule is Cc1ccc(-c2ccc(OCC(C)[NH3+])cc2)cc1.[Cl-]. The molecule has 1 atom stereocenters. The fourth-order valence-electron chi connectivity index (χ4n) is 1.73. The molecule has 0 amide bonds. The highest BCUT2D eigenvalue weighted by Gasteiger charge is 2.01. The second-order valence-corrected chi connectivity index (χ2v) is 4.81. The summed E-state index contributed by atoms with van der Waals surface area (Å²) in [7, 11) is 0. The third-order valence-electron chi connectivity index (χ3n) is 2.77. The van der Waals surface area contributed by atoms with E-state index in [1.165, 1.54) is 16.7 Å². The van der Waals surface area contributed by atoms with Crippen molar-refractivity contribution < 1.29 is 22.9 Å². The number of benzene rings is 2. The molecule has 0 spiro atoms. The molecule has 1 unspecified atom stereocenters. The smallest absolute Gasteiger partial charge is 0.139 e. The van der Waals surface area contributed by atoms with Gasteiger partial charge in [-0.2, -0.15) is 0 Å². The number of ether oxygens (including phenoxy) is 1. The number of hydrogen-bond donors (Lipinski definition) is 1. The molecule has 102 valence electrons. The summed E-state index contributed by atoms with van der Waals surface area (Å²) in [5, 5.41) is 0. The third-order valence-corrected chi connectivity index (χ3v) is 2.77. The van der Waals surface area contributed by atoms with Gasteiger partial charge < -0.3 is 22.9 Å². The molecular formula is C16H20ClNO. The van der Waals surface area contributed by atoms with Crippen LogP contribution in [-0.2, 0) is 0 Å². The molecule has 0 saturated heterocycles. The predicted molar refractivity (Wildman–Crippen MR) is 74.5 cm³/mol. The molecule has 19 heavy (non-hydrogen) atoms. The summed E-state index contributed by atoms with van der Waals surface area (Å²) in [4.78, 5) is 0. The summed E-state index contributed by atoms with van der Waals surface area (Å²) < 4.78 is 5.61. The van der Waals surface area contributed by atoms with E-state index in [0.29, 0.717) is 12.6 Å². The molecule has 0 aromatic heterocycles. The van der Waals surface area contributed by atoms with Crippen LogP contribution in [0.5, 0.6) is 5.75 Å². The molecule has 0 aliphatic heterocycles. The van der Waals surface area contributed by atoms with E-state index in [9.17, 15) is 0 Å². The van der Waals surface area contributed by atoms with Gasteiger partial charge in [-0.25, -0.2) is 0 Å². The van der Waals surface area contributed by atoms with Crippen LogP contribution in [0.4, 0.5) is 0 Å². The lowest BCUT2D eigenvalue weighted by molar-refractivity contribution is -0.417. The van der Waals surface area contributed by atoms with Crippen molar-refractivity contribution in [2.45, 2.75) is 19.9 Å². The Morgan fingerprint density at radius 3 is 1.89 bits per heavy atom. The highest BCUT2D eigenvalue weighted by atomic mass is 35.5. The lowest BCUT2D eigenvalue weighted by atomic mass is 10.0.